The molecule has 0 atom stereocenters. The Morgan fingerprint density at radius 3 is 2.27 bits per heavy atom. The fourth-order valence-electron chi connectivity index (χ4n) is 1.70. The van der Waals surface area contributed by atoms with Crippen LogP contribution in [0.15, 0.2) is 18.2 Å². The van der Waals surface area contributed by atoms with Crippen LogP contribution in [0.2, 0.25) is 5.02 Å². The van der Waals surface area contributed by atoms with Crippen molar-refractivity contribution in [2.75, 3.05) is 7.11 Å². The van der Waals surface area contributed by atoms with E-state index in [0.29, 0.717) is 5.02 Å². The summed E-state index contributed by atoms with van der Waals surface area (Å²) in [6.07, 6.45) is 2.23. The molecule has 0 saturated carbocycles. The molecule has 1 aromatic carbocycles. The smallest absolute Gasteiger partial charge is 0.137 e. The van der Waals surface area contributed by atoms with E-state index in [4.69, 9.17) is 16.3 Å². The van der Waals surface area contributed by atoms with Crippen molar-refractivity contribution in [3.05, 3.63) is 28.8 Å². The second kappa shape index (κ2) is 4.89. The number of hydrogen-bond acceptors (Lipinski definition) is 1. The molecule has 0 spiro atoms. The molecule has 0 unspecified atom stereocenters. The molecule has 0 aromatic heterocycles. The number of hydrogen-bond donors (Lipinski definition) is 0. The highest BCUT2D eigenvalue weighted by atomic mass is 35.5. The molecular formula is C13H19ClO. The Morgan fingerprint density at radius 1 is 1.27 bits per heavy atom. The quantitative estimate of drug-likeness (QED) is 0.738. The zero-order valence-corrected chi connectivity index (χ0v) is 10.7. The maximum Gasteiger partial charge on any atom is 0.137 e. The van der Waals surface area contributed by atoms with Crippen LogP contribution >= 0.6 is 11.6 Å². The lowest BCUT2D eigenvalue weighted by atomic mass is 9.78. The maximum atomic E-state index is 6.12. The number of methoxy groups -OCH3 is 1. The molecule has 0 saturated heterocycles. The van der Waals surface area contributed by atoms with Crippen LogP contribution in [0.4, 0.5) is 0 Å². The summed E-state index contributed by atoms with van der Waals surface area (Å²) in [4.78, 5) is 0. The molecule has 0 N–H and O–H groups in total. The van der Waals surface area contributed by atoms with E-state index >= 15 is 0 Å². The van der Waals surface area contributed by atoms with E-state index in [-0.39, 0.29) is 5.41 Å². The predicted molar refractivity (Wildman–Crippen MR) is 65.9 cm³/mol. The van der Waals surface area contributed by atoms with Crippen LogP contribution in [-0.4, -0.2) is 7.11 Å². The molecule has 0 aliphatic rings. The predicted octanol–water partition coefficient (Wildman–Crippen LogP) is 4.43. The first-order valence-electron chi connectivity index (χ1n) is 5.41. The van der Waals surface area contributed by atoms with Crippen molar-refractivity contribution >= 4 is 11.6 Å². The largest absolute Gasteiger partial charge is 0.495 e. The van der Waals surface area contributed by atoms with Crippen LogP contribution in [0, 0.1) is 0 Å². The van der Waals surface area contributed by atoms with Gasteiger partial charge in [-0.2, -0.15) is 0 Å². The van der Waals surface area contributed by atoms with Crippen LogP contribution in [-0.2, 0) is 5.41 Å². The Balaban J connectivity index is 3.11. The lowest BCUT2D eigenvalue weighted by molar-refractivity contribution is 0.411. The number of ether oxygens (including phenoxy) is 1. The normalized spacial score (nSPS) is 11.5. The molecule has 15 heavy (non-hydrogen) atoms. The number of halogens is 1. The Labute approximate surface area is 97.4 Å². The van der Waals surface area contributed by atoms with Crippen LogP contribution in [0.5, 0.6) is 5.75 Å². The summed E-state index contributed by atoms with van der Waals surface area (Å²) in [5, 5.41) is 0.697. The Kier molecular flexibility index (Phi) is 4.04. The van der Waals surface area contributed by atoms with Gasteiger partial charge in [0.05, 0.1) is 12.1 Å². The van der Waals surface area contributed by atoms with Crippen LogP contribution in [0.3, 0.4) is 0 Å². The minimum Gasteiger partial charge on any atom is -0.495 e. The van der Waals surface area contributed by atoms with E-state index in [1.165, 1.54) is 5.56 Å². The number of benzene rings is 1. The van der Waals surface area contributed by atoms with E-state index in [0.717, 1.165) is 18.6 Å². The van der Waals surface area contributed by atoms with Gasteiger partial charge in [0, 0.05) is 0 Å². The second-order valence-electron chi connectivity index (χ2n) is 4.12. The van der Waals surface area contributed by atoms with Gasteiger partial charge in [0.25, 0.3) is 0 Å². The monoisotopic (exact) mass is 226 g/mol. The minimum atomic E-state index is 0.218. The van der Waals surface area contributed by atoms with E-state index < -0.39 is 0 Å². The van der Waals surface area contributed by atoms with Gasteiger partial charge in [0.1, 0.15) is 5.75 Å². The third-order valence-electron chi connectivity index (χ3n) is 3.41. The molecule has 0 heterocycles. The van der Waals surface area contributed by atoms with Gasteiger partial charge in [-0.05, 0) is 36.0 Å². The van der Waals surface area contributed by atoms with Crippen LogP contribution in [0.1, 0.15) is 39.2 Å². The van der Waals surface area contributed by atoms with E-state index in [1.807, 2.05) is 12.1 Å². The van der Waals surface area contributed by atoms with Crippen molar-refractivity contribution in [3.63, 3.8) is 0 Å². The van der Waals surface area contributed by atoms with Gasteiger partial charge in [-0.25, -0.2) is 0 Å². The van der Waals surface area contributed by atoms with Crippen molar-refractivity contribution in [3.8, 4) is 5.75 Å². The Bertz CT molecular complexity index is 329. The average Bonchev–Trinajstić information content (AvgIpc) is 2.28. The molecule has 1 nitrogen and oxygen atoms in total. The fraction of sp³-hybridized carbons (Fsp3) is 0.538. The summed E-state index contributed by atoms with van der Waals surface area (Å²) in [7, 11) is 1.64. The third-order valence-corrected chi connectivity index (χ3v) is 3.70. The molecule has 2 heteroatoms. The first kappa shape index (κ1) is 12.4. The third kappa shape index (κ3) is 2.46. The van der Waals surface area contributed by atoms with Crippen LogP contribution < -0.4 is 4.74 Å². The van der Waals surface area contributed by atoms with Gasteiger partial charge >= 0.3 is 0 Å². The van der Waals surface area contributed by atoms with Gasteiger partial charge in [-0.3, -0.25) is 0 Å². The SMILES string of the molecule is CCC(C)(CC)c1ccc(OC)c(Cl)c1. The summed E-state index contributed by atoms with van der Waals surface area (Å²) in [6, 6.07) is 6.08. The zero-order chi connectivity index (χ0) is 11.5. The molecule has 0 amide bonds. The zero-order valence-electron chi connectivity index (χ0n) is 9.93. The summed E-state index contributed by atoms with van der Waals surface area (Å²) < 4.78 is 5.15. The van der Waals surface area contributed by atoms with Gasteiger partial charge in [-0.1, -0.05) is 38.4 Å². The van der Waals surface area contributed by atoms with Crippen LogP contribution in [0.25, 0.3) is 0 Å². The molecule has 84 valence electrons. The first-order valence-corrected chi connectivity index (χ1v) is 5.79. The van der Waals surface area contributed by atoms with E-state index in [9.17, 15) is 0 Å². The van der Waals surface area contributed by atoms with E-state index in [2.05, 4.69) is 26.8 Å². The maximum absolute atomic E-state index is 6.12. The van der Waals surface area contributed by atoms with Gasteiger partial charge in [0.2, 0.25) is 0 Å². The first-order chi connectivity index (χ1) is 7.07. The molecule has 0 radical (unpaired) electrons. The summed E-state index contributed by atoms with van der Waals surface area (Å²) in [5.41, 5.74) is 1.51. The average molecular weight is 227 g/mol. The lowest BCUT2D eigenvalue weighted by Gasteiger charge is -2.27. The highest BCUT2D eigenvalue weighted by Crippen LogP contribution is 2.35. The summed E-state index contributed by atoms with van der Waals surface area (Å²) in [5.74, 6) is 0.745. The molecule has 0 bridgehead atoms. The van der Waals surface area contributed by atoms with Gasteiger partial charge in [-0.15, -0.1) is 0 Å². The summed E-state index contributed by atoms with van der Waals surface area (Å²) in [6.45, 7) is 6.69. The van der Waals surface area contributed by atoms with E-state index in [1.54, 1.807) is 7.11 Å². The lowest BCUT2D eigenvalue weighted by Crippen LogP contribution is -2.19. The van der Waals surface area contributed by atoms with Gasteiger partial charge < -0.3 is 4.74 Å². The number of rotatable bonds is 4. The van der Waals surface area contributed by atoms with Crippen molar-refractivity contribution < 1.29 is 4.74 Å². The molecule has 1 rings (SSSR count). The topological polar surface area (TPSA) is 9.23 Å². The molecule has 1 aromatic rings. The Morgan fingerprint density at radius 2 is 1.87 bits per heavy atom. The van der Waals surface area contributed by atoms with Crippen molar-refractivity contribution in [2.24, 2.45) is 0 Å². The fourth-order valence-corrected chi connectivity index (χ4v) is 1.96. The minimum absolute atomic E-state index is 0.218. The highest BCUT2D eigenvalue weighted by Gasteiger charge is 2.22. The van der Waals surface area contributed by atoms with Gasteiger partial charge in [0.15, 0.2) is 0 Å². The molecular weight excluding hydrogens is 208 g/mol. The van der Waals surface area contributed by atoms with Crippen molar-refractivity contribution in [2.45, 2.75) is 39.0 Å². The standard InChI is InChI=1S/C13H19ClO/c1-5-13(3,6-2)10-7-8-12(15-4)11(14)9-10/h7-9H,5-6H2,1-4H3. The molecule has 0 fully saturated rings. The Hall–Kier alpha value is -0.690. The van der Waals surface area contributed by atoms with Crippen molar-refractivity contribution in [1.82, 2.24) is 0 Å². The molecule has 0 aliphatic carbocycles. The summed E-state index contributed by atoms with van der Waals surface area (Å²) >= 11 is 6.12. The second-order valence-corrected chi connectivity index (χ2v) is 4.52. The van der Waals surface area contributed by atoms with Crippen molar-refractivity contribution in [1.29, 1.82) is 0 Å². The molecule has 0 aliphatic heterocycles. The highest BCUT2D eigenvalue weighted by molar-refractivity contribution is 6.32.